The zero-order chi connectivity index (χ0) is 18.4. The van der Waals surface area contributed by atoms with Gasteiger partial charge in [0.2, 0.25) is 5.91 Å². The molecule has 0 aromatic heterocycles. The fourth-order valence-corrected chi connectivity index (χ4v) is 2.59. The minimum atomic E-state index is -0.928. The minimum Gasteiger partial charge on any atom is -0.495 e. The third-order valence-corrected chi connectivity index (χ3v) is 3.92. The molecule has 1 aromatic carbocycles. The lowest BCUT2D eigenvalue weighted by molar-refractivity contribution is -0.158. The van der Waals surface area contributed by atoms with E-state index in [1.165, 1.54) is 25.0 Å². The van der Waals surface area contributed by atoms with E-state index in [1.54, 1.807) is 24.3 Å². The first-order valence-corrected chi connectivity index (χ1v) is 8.00. The molecule has 0 unspecified atom stereocenters. The first kappa shape index (κ1) is 18.5. The van der Waals surface area contributed by atoms with E-state index in [1.807, 2.05) is 0 Å². The minimum absolute atomic E-state index is 0.0396. The van der Waals surface area contributed by atoms with E-state index in [0.29, 0.717) is 18.0 Å². The predicted octanol–water partition coefficient (Wildman–Crippen LogP) is 1.28. The van der Waals surface area contributed by atoms with Gasteiger partial charge in [0.1, 0.15) is 5.75 Å². The van der Waals surface area contributed by atoms with E-state index in [0.717, 1.165) is 0 Å². The first-order chi connectivity index (χ1) is 12.0. The van der Waals surface area contributed by atoms with Gasteiger partial charge in [-0.05, 0) is 19.1 Å². The second-order valence-corrected chi connectivity index (χ2v) is 5.69. The number of nitrogens with one attached hydrogen (secondary N) is 1. The lowest BCUT2D eigenvalue weighted by Gasteiger charge is -2.19. The molecule has 2 rings (SSSR count). The molecule has 1 fully saturated rings. The maximum Gasteiger partial charge on any atom is 0.312 e. The normalized spacial score (nSPS) is 17.8. The first-order valence-electron chi connectivity index (χ1n) is 8.00. The van der Waals surface area contributed by atoms with Crippen LogP contribution in [0, 0.1) is 5.92 Å². The lowest BCUT2D eigenvalue weighted by atomic mass is 10.1. The van der Waals surface area contributed by atoms with Crippen molar-refractivity contribution in [2.45, 2.75) is 19.4 Å². The summed E-state index contributed by atoms with van der Waals surface area (Å²) in [4.78, 5) is 37.8. The highest BCUT2D eigenvalue weighted by molar-refractivity contribution is 6.00. The molecule has 0 spiro atoms. The van der Waals surface area contributed by atoms with Crippen LogP contribution < -0.4 is 15.0 Å². The highest BCUT2D eigenvalue weighted by Gasteiger charge is 2.38. The highest BCUT2D eigenvalue weighted by atomic mass is 16.5. The maximum absolute atomic E-state index is 12.3. The quantitative estimate of drug-likeness (QED) is 0.594. The molecule has 0 saturated carbocycles. The largest absolute Gasteiger partial charge is 0.495 e. The van der Waals surface area contributed by atoms with Crippen LogP contribution in [0.25, 0.3) is 0 Å². The smallest absolute Gasteiger partial charge is 0.312 e. The third kappa shape index (κ3) is 4.37. The van der Waals surface area contributed by atoms with Crippen molar-refractivity contribution in [3.05, 3.63) is 36.9 Å². The van der Waals surface area contributed by atoms with Crippen molar-refractivity contribution in [3.8, 4) is 5.75 Å². The zero-order valence-electron chi connectivity index (χ0n) is 14.4. The number of methoxy groups -OCH3 is 1. The van der Waals surface area contributed by atoms with Crippen LogP contribution in [-0.4, -0.2) is 44.1 Å². The van der Waals surface area contributed by atoms with Gasteiger partial charge in [-0.2, -0.15) is 0 Å². The van der Waals surface area contributed by atoms with Crippen LogP contribution in [0.1, 0.15) is 13.3 Å². The summed E-state index contributed by atoms with van der Waals surface area (Å²) >= 11 is 0. The van der Waals surface area contributed by atoms with Crippen molar-refractivity contribution in [1.82, 2.24) is 5.32 Å². The Kier molecular flexibility index (Phi) is 6.16. The summed E-state index contributed by atoms with van der Waals surface area (Å²) in [5.74, 6) is -1.21. The number of rotatable bonds is 7. The summed E-state index contributed by atoms with van der Waals surface area (Å²) in [5.41, 5.74) is 0.613. The second kappa shape index (κ2) is 8.32. The number of amides is 2. The summed E-state index contributed by atoms with van der Waals surface area (Å²) in [6.07, 6.45) is 0.647. The van der Waals surface area contributed by atoms with Gasteiger partial charge in [0.25, 0.3) is 5.91 Å². The number of ether oxygens (including phenoxy) is 2. The summed E-state index contributed by atoms with van der Waals surface area (Å²) in [6.45, 7) is 5.48. The molecule has 1 saturated heterocycles. The number of hydrogen-bond acceptors (Lipinski definition) is 5. The molecule has 25 heavy (non-hydrogen) atoms. The Hall–Kier alpha value is -2.83. The molecule has 2 atom stereocenters. The van der Waals surface area contributed by atoms with Crippen LogP contribution in [0.5, 0.6) is 5.75 Å². The van der Waals surface area contributed by atoms with E-state index in [9.17, 15) is 14.4 Å². The van der Waals surface area contributed by atoms with E-state index in [-0.39, 0.29) is 18.9 Å². The Morgan fingerprint density at radius 1 is 1.44 bits per heavy atom. The molecule has 7 nitrogen and oxygen atoms in total. The fourth-order valence-electron chi connectivity index (χ4n) is 2.59. The van der Waals surface area contributed by atoms with Crippen molar-refractivity contribution in [1.29, 1.82) is 0 Å². The highest BCUT2D eigenvalue weighted by Crippen LogP contribution is 2.33. The molecule has 2 amide bonds. The van der Waals surface area contributed by atoms with Crippen LogP contribution in [-0.2, 0) is 19.1 Å². The second-order valence-electron chi connectivity index (χ2n) is 5.69. The number of esters is 1. The van der Waals surface area contributed by atoms with Crippen molar-refractivity contribution in [2.75, 3.05) is 25.1 Å². The fraction of sp³-hybridized carbons (Fsp3) is 0.389. The van der Waals surface area contributed by atoms with Crippen LogP contribution >= 0.6 is 0 Å². The molecule has 0 bridgehead atoms. The van der Waals surface area contributed by atoms with E-state index >= 15 is 0 Å². The number of carbonyl (C=O) groups excluding carboxylic acids is 3. The van der Waals surface area contributed by atoms with Gasteiger partial charge < -0.3 is 19.7 Å². The molecule has 7 heteroatoms. The molecular formula is C18H22N2O5. The molecule has 134 valence electrons. The van der Waals surface area contributed by atoms with Gasteiger partial charge in [0.15, 0.2) is 6.10 Å². The number of para-hydroxylation sites is 2. The van der Waals surface area contributed by atoms with E-state index in [2.05, 4.69) is 11.9 Å². The third-order valence-electron chi connectivity index (χ3n) is 3.92. The SMILES string of the molecule is C=CCNC(=O)[C@H](C)OC(=O)[C@@H]1CC(=O)N(c2ccccc2OC)C1. The van der Waals surface area contributed by atoms with Gasteiger partial charge in [-0.15, -0.1) is 6.58 Å². The molecule has 1 aliphatic heterocycles. The predicted molar refractivity (Wildman–Crippen MR) is 92.2 cm³/mol. The Morgan fingerprint density at radius 3 is 2.84 bits per heavy atom. The number of anilines is 1. The van der Waals surface area contributed by atoms with Crippen molar-refractivity contribution < 1.29 is 23.9 Å². The molecule has 1 N–H and O–H groups in total. The molecule has 0 aliphatic carbocycles. The molecule has 1 aromatic rings. The Labute approximate surface area is 146 Å². The van der Waals surface area contributed by atoms with Gasteiger partial charge in [0, 0.05) is 19.5 Å². The molecule has 1 aliphatic rings. The average Bonchev–Trinajstić information content (AvgIpc) is 3.01. The van der Waals surface area contributed by atoms with Crippen molar-refractivity contribution in [3.63, 3.8) is 0 Å². The summed E-state index contributed by atoms with van der Waals surface area (Å²) in [7, 11) is 1.52. The molecule has 0 radical (unpaired) electrons. The van der Waals surface area contributed by atoms with Gasteiger partial charge in [-0.1, -0.05) is 18.2 Å². The summed E-state index contributed by atoms with van der Waals surface area (Å²) < 4.78 is 10.5. The van der Waals surface area contributed by atoms with Crippen molar-refractivity contribution in [2.24, 2.45) is 5.92 Å². The Bertz CT molecular complexity index is 673. The van der Waals surface area contributed by atoms with Crippen LogP contribution in [0.3, 0.4) is 0 Å². The summed E-state index contributed by atoms with van der Waals surface area (Å²) in [6, 6.07) is 7.11. The van der Waals surface area contributed by atoms with Crippen molar-refractivity contribution >= 4 is 23.5 Å². The van der Waals surface area contributed by atoms with Gasteiger partial charge in [0.05, 0.1) is 18.7 Å². The van der Waals surface area contributed by atoms with Gasteiger partial charge in [-0.25, -0.2) is 0 Å². The van der Waals surface area contributed by atoms with Crippen LogP contribution in [0.2, 0.25) is 0 Å². The van der Waals surface area contributed by atoms with Crippen LogP contribution in [0.15, 0.2) is 36.9 Å². The van der Waals surface area contributed by atoms with Crippen LogP contribution in [0.4, 0.5) is 5.69 Å². The van der Waals surface area contributed by atoms with E-state index < -0.39 is 23.9 Å². The lowest BCUT2D eigenvalue weighted by Crippen LogP contribution is -2.37. The number of nitrogens with zero attached hydrogens (tertiary/aromatic N) is 1. The topological polar surface area (TPSA) is 84.9 Å². The zero-order valence-corrected chi connectivity index (χ0v) is 14.4. The number of benzene rings is 1. The average molecular weight is 346 g/mol. The number of hydrogen-bond donors (Lipinski definition) is 1. The number of carbonyl (C=O) groups is 3. The maximum atomic E-state index is 12.3. The Balaban J connectivity index is 2.00. The standard InChI is InChI=1S/C18H22N2O5/c1-4-9-19-17(22)12(2)25-18(23)13-10-16(21)20(11-13)14-7-5-6-8-15(14)24-3/h4-8,12-13H,1,9-11H2,2-3H3,(H,19,22)/t12-,13+/m0/s1. The Morgan fingerprint density at radius 2 is 2.16 bits per heavy atom. The monoisotopic (exact) mass is 346 g/mol. The van der Waals surface area contributed by atoms with Gasteiger partial charge >= 0.3 is 5.97 Å². The summed E-state index contributed by atoms with van der Waals surface area (Å²) in [5, 5.41) is 2.56. The molecular weight excluding hydrogens is 324 g/mol. The van der Waals surface area contributed by atoms with E-state index in [4.69, 9.17) is 9.47 Å². The molecule has 1 heterocycles. The van der Waals surface area contributed by atoms with Gasteiger partial charge in [-0.3, -0.25) is 14.4 Å².